The summed E-state index contributed by atoms with van der Waals surface area (Å²) in [6.07, 6.45) is 2.02. The topological polar surface area (TPSA) is 169 Å². The Morgan fingerprint density at radius 3 is 2.50 bits per heavy atom. The molecule has 2 atom stereocenters. The third kappa shape index (κ3) is 7.57. The molecule has 4 rings (SSSR count). The Morgan fingerprint density at radius 1 is 1.07 bits per heavy atom. The molecule has 40 heavy (non-hydrogen) atoms. The van der Waals surface area contributed by atoms with Crippen LogP contribution in [0.3, 0.4) is 0 Å². The second kappa shape index (κ2) is 13.4. The summed E-state index contributed by atoms with van der Waals surface area (Å²) in [5, 5.41) is 21.3. The quantitative estimate of drug-likeness (QED) is 0.266. The molecule has 2 aromatic carbocycles. The number of carbonyl (C=O) groups is 3. The van der Waals surface area contributed by atoms with E-state index < -0.39 is 34.0 Å². The van der Waals surface area contributed by atoms with Crippen LogP contribution in [-0.4, -0.2) is 79.8 Å². The van der Waals surface area contributed by atoms with Crippen molar-refractivity contribution >= 4 is 39.5 Å². The molecule has 2 aliphatic rings. The molecule has 0 radical (unpaired) electrons. The summed E-state index contributed by atoms with van der Waals surface area (Å²) < 4.78 is 27.3. The maximum Gasteiger partial charge on any atom is 0.326 e. The molecule has 5 N–H and O–H groups in total. The number of benzene rings is 2. The van der Waals surface area contributed by atoms with Gasteiger partial charge in [-0.1, -0.05) is 30.3 Å². The molecule has 0 aliphatic carbocycles. The molecule has 0 aromatic heterocycles. The number of sulfonamides is 1. The maximum absolute atomic E-state index is 13.1. The van der Waals surface area contributed by atoms with E-state index in [1.54, 1.807) is 42.5 Å². The molecular weight excluding hydrogens is 536 g/mol. The van der Waals surface area contributed by atoms with E-state index in [1.165, 1.54) is 12.1 Å². The van der Waals surface area contributed by atoms with Crippen LogP contribution in [0.5, 0.6) is 0 Å². The summed E-state index contributed by atoms with van der Waals surface area (Å²) in [7, 11) is -3.90. The van der Waals surface area contributed by atoms with E-state index in [2.05, 4.69) is 26.3 Å². The van der Waals surface area contributed by atoms with Crippen LogP contribution < -0.4 is 21.3 Å². The van der Waals surface area contributed by atoms with Crippen molar-refractivity contribution in [3.8, 4) is 0 Å². The number of guanidine groups is 1. The molecule has 2 aliphatic heterocycles. The van der Waals surface area contributed by atoms with Crippen LogP contribution in [0.25, 0.3) is 0 Å². The summed E-state index contributed by atoms with van der Waals surface area (Å²) in [6, 6.07) is 12.3. The summed E-state index contributed by atoms with van der Waals surface area (Å²) >= 11 is 0. The molecule has 2 amide bonds. The second-order valence-electron chi connectivity index (χ2n) is 9.62. The van der Waals surface area contributed by atoms with Crippen molar-refractivity contribution in [1.29, 1.82) is 0 Å². The summed E-state index contributed by atoms with van der Waals surface area (Å²) in [6.45, 7) is 2.23. The van der Waals surface area contributed by atoms with Crippen LogP contribution in [0.4, 0.5) is 5.69 Å². The van der Waals surface area contributed by atoms with Crippen molar-refractivity contribution < 1.29 is 27.9 Å². The van der Waals surface area contributed by atoms with Crippen molar-refractivity contribution in [2.24, 2.45) is 4.99 Å². The van der Waals surface area contributed by atoms with Gasteiger partial charge in [0.2, 0.25) is 21.8 Å². The third-order valence-corrected chi connectivity index (χ3v) is 8.61. The highest BCUT2D eigenvalue weighted by Gasteiger charge is 2.40. The van der Waals surface area contributed by atoms with Gasteiger partial charge in [0.05, 0.1) is 4.90 Å². The number of amides is 2. The number of hydrogen-bond acceptors (Lipinski definition) is 8. The summed E-state index contributed by atoms with van der Waals surface area (Å²) in [4.78, 5) is 41.6. The predicted molar refractivity (Wildman–Crippen MR) is 149 cm³/mol. The van der Waals surface area contributed by atoms with Gasteiger partial charge in [-0.05, 0) is 49.1 Å². The van der Waals surface area contributed by atoms with Gasteiger partial charge >= 0.3 is 5.97 Å². The molecule has 1 fully saturated rings. The van der Waals surface area contributed by atoms with E-state index in [-0.39, 0.29) is 30.2 Å². The van der Waals surface area contributed by atoms with Crippen LogP contribution in [0.1, 0.15) is 31.2 Å². The van der Waals surface area contributed by atoms with Crippen LogP contribution in [-0.2, 0) is 30.8 Å². The second-order valence-corrected chi connectivity index (χ2v) is 11.5. The minimum absolute atomic E-state index is 0.00745. The highest BCUT2D eigenvalue weighted by Crippen LogP contribution is 2.26. The van der Waals surface area contributed by atoms with Crippen LogP contribution in [0.2, 0.25) is 0 Å². The highest BCUT2D eigenvalue weighted by molar-refractivity contribution is 7.89. The lowest BCUT2D eigenvalue weighted by molar-refractivity contribution is -0.142. The zero-order valence-electron chi connectivity index (χ0n) is 22.0. The molecule has 0 bridgehead atoms. The lowest BCUT2D eigenvalue weighted by Gasteiger charge is -2.25. The Labute approximate surface area is 233 Å². The average Bonchev–Trinajstić information content (AvgIpc) is 3.46. The third-order valence-electron chi connectivity index (χ3n) is 6.69. The van der Waals surface area contributed by atoms with Gasteiger partial charge in [-0.2, -0.15) is 4.31 Å². The number of nitrogens with one attached hydrogen (secondary N) is 4. The zero-order chi connectivity index (χ0) is 28.5. The van der Waals surface area contributed by atoms with E-state index in [0.29, 0.717) is 36.6 Å². The molecule has 12 nitrogen and oxygen atoms in total. The molecule has 214 valence electrons. The largest absolute Gasteiger partial charge is 0.480 e. The standard InChI is InChI=1S/C27H34N6O6S/c34-24(13-16-30-27-28-14-5-15-29-27)31-20-11-9-19(10-12-20)18-22(26(36)37)32-25(35)23-8-4-17-33(23)40(38,39)21-6-2-1-3-7-21/h1-3,6-7,9-12,22-23H,4-5,8,13-18H2,(H,31,34)(H,32,35)(H,36,37)(H2,28,29,30)/t22-,23-/m0/s1. The van der Waals surface area contributed by atoms with E-state index in [0.717, 1.165) is 23.8 Å². The molecule has 13 heteroatoms. The first-order valence-electron chi connectivity index (χ1n) is 13.2. The Balaban J connectivity index is 1.30. The fourth-order valence-corrected chi connectivity index (χ4v) is 6.29. The van der Waals surface area contributed by atoms with E-state index >= 15 is 0 Å². The van der Waals surface area contributed by atoms with Gasteiger partial charge in [0.1, 0.15) is 12.1 Å². The van der Waals surface area contributed by atoms with Crippen molar-refractivity contribution in [1.82, 2.24) is 20.3 Å². The molecule has 0 saturated carbocycles. The minimum Gasteiger partial charge on any atom is -0.480 e. The molecule has 0 unspecified atom stereocenters. The number of aliphatic imine (C=N–C) groups is 1. The smallest absolute Gasteiger partial charge is 0.326 e. The van der Waals surface area contributed by atoms with Gasteiger partial charge in [0, 0.05) is 44.7 Å². The van der Waals surface area contributed by atoms with E-state index in [9.17, 15) is 27.9 Å². The number of carboxylic acids is 1. The van der Waals surface area contributed by atoms with Crippen molar-refractivity contribution in [3.63, 3.8) is 0 Å². The number of aliphatic carboxylic acids is 1. The predicted octanol–water partition coefficient (Wildman–Crippen LogP) is 0.919. The zero-order valence-corrected chi connectivity index (χ0v) is 22.8. The monoisotopic (exact) mass is 570 g/mol. The number of anilines is 1. The first-order chi connectivity index (χ1) is 19.2. The number of rotatable bonds is 11. The van der Waals surface area contributed by atoms with Crippen LogP contribution >= 0.6 is 0 Å². The molecule has 0 spiro atoms. The van der Waals surface area contributed by atoms with Gasteiger partial charge in [-0.3, -0.25) is 14.6 Å². The maximum atomic E-state index is 13.1. The SMILES string of the molecule is O=C(CCNC1=NCCCN1)Nc1ccc(C[C@H](NC(=O)[C@@H]2CCCN2S(=O)(=O)c2ccccc2)C(=O)O)cc1. The number of carboxylic acid groups (broad SMARTS) is 1. The van der Waals surface area contributed by atoms with Gasteiger partial charge in [-0.25, -0.2) is 13.2 Å². The number of hydrogen-bond donors (Lipinski definition) is 5. The summed E-state index contributed by atoms with van der Waals surface area (Å²) in [5.41, 5.74) is 1.19. The highest BCUT2D eigenvalue weighted by atomic mass is 32.2. The number of nitrogens with zero attached hydrogens (tertiary/aromatic N) is 2. The van der Waals surface area contributed by atoms with Gasteiger partial charge in [0.25, 0.3) is 0 Å². The van der Waals surface area contributed by atoms with Crippen molar-refractivity contribution in [3.05, 3.63) is 60.2 Å². The Hall–Kier alpha value is -3.97. The lowest BCUT2D eigenvalue weighted by Crippen LogP contribution is -2.51. The van der Waals surface area contributed by atoms with Gasteiger partial charge in [0.15, 0.2) is 5.96 Å². The average molecular weight is 571 g/mol. The molecule has 2 heterocycles. The van der Waals surface area contributed by atoms with Crippen LogP contribution in [0.15, 0.2) is 64.5 Å². The Morgan fingerprint density at radius 2 is 1.82 bits per heavy atom. The summed E-state index contributed by atoms with van der Waals surface area (Å²) in [5.74, 6) is -1.36. The van der Waals surface area contributed by atoms with E-state index in [4.69, 9.17) is 0 Å². The Kier molecular flexibility index (Phi) is 9.72. The van der Waals surface area contributed by atoms with Gasteiger partial charge in [-0.15, -0.1) is 0 Å². The fraction of sp³-hybridized carbons (Fsp3) is 0.407. The van der Waals surface area contributed by atoms with Gasteiger partial charge < -0.3 is 26.4 Å². The van der Waals surface area contributed by atoms with Crippen molar-refractivity contribution in [2.45, 2.75) is 49.1 Å². The molecule has 2 aromatic rings. The molecule has 1 saturated heterocycles. The Bertz CT molecular complexity index is 1330. The number of carbonyl (C=O) groups excluding carboxylic acids is 2. The normalized spacial score (nSPS) is 18.2. The minimum atomic E-state index is -3.90. The molecular formula is C27H34N6O6S. The van der Waals surface area contributed by atoms with Crippen LogP contribution in [0, 0.1) is 0 Å². The van der Waals surface area contributed by atoms with E-state index in [1.807, 2.05) is 0 Å². The first kappa shape index (κ1) is 29.0. The fourth-order valence-electron chi connectivity index (χ4n) is 4.61. The lowest BCUT2D eigenvalue weighted by atomic mass is 10.0. The first-order valence-corrected chi connectivity index (χ1v) is 14.7. The van der Waals surface area contributed by atoms with Crippen molar-refractivity contribution in [2.75, 3.05) is 31.5 Å².